The minimum Gasteiger partial charge on any atom is -0.436 e. The molecule has 3 nitrogen and oxygen atoms in total. The zero-order chi connectivity index (χ0) is 33.3. The Balaban J connectivity index is 1.13. The van der Waals surface area contributed by atoms with Crippen LogP contribution in [0.3, 0.4) is 0 Å². The van der Waals surface area contributed by atoms with E-state index in [1.165, 1.54) is 33.0 Å². The first kappa shape index (κ1) is 29.4. The van der Waals surface area contributed by atoms with Gasteiger partial charge in [0, 0.05) is 28.2 Å². The number of hydrogen-bond acceptors (Lipinski definition) is 3. The summed E-state index contributed by atoms with van der Waals surface area (Å²) in [7, 11) is 0. The second kappa shape index (κ2) is 12.7. The Labute approximate surface area is 291 Å². The van der Waals surface area contributed by atoms with Crippen LogP contribution in [-0.2, 0) is 0 Å². The first-order valence-electron chi connectivity index (χ1n) is 16.9. The molecule has 50 heavy (non-hydrogen) atoms. The van der Waals surface area contributed by atoms with Crippen LogP contribution in [0.1, 0.15) is 0 Å². The van der Waals surface area contributed by atoms with Crippen molar-refractivity contribution in [1.82, 2.24) is 4.98 Å². The van der Waals surface area contributed by atoms with Crippen molar-refractivity contribution in [1.29, 1.82) is 0 Å². The lowest BCUT2D eigenvalue weighted by molar-refractivity contribution is 0.620. The van der Waals surface area contributed by atoms with Crippen molar-refractivity contribution in [2.45, 2.75) is 0 Å². The molecule has 8 aromatic carbocycles. The fourth-order valence-corrected chi connectivity index (χ4v) is 6.85. The largest absolute Gasteiger partial charge is 0.436 e. The van der Waals surface area contributed by atoms with Gasteiger partial charge in [-0.05, 0) is 93.2 Å². The van der Waals surface area contributed by atoms with Gasteiger partial charge < -0.3 is 9.32 Å². The van der Waals surface area contributed by atoms with Crippen LogP contribution in [-0.4, -0.2) is 4.98 Å². The molecule has 1 aromatic heterocycles. The molecule has 0 spiro atoms. The number of anilines is 3. The molecule has 9 rings (SSSR count). The van der Waals surface area contributed by atoms with Gasteiger partial charge in [-0.1, -0.05) is 140 Å². The highest BCUT2D eigenvalue weighted by Crippen LogP contribution is 2.40. The number of para-hydroxylation sites is 1. The van der Waals surface area contributed by atoms with E-state index in [-0.39, 0.29) is 0 Å². The molecule has 0 bridgehead atoms. The Hall–Kier alpha value is -6.71. The molecule has 3 heteroatoms. The lowest BCUT2D eigenvalue weighted by Crippen LogP contribution is -2.10. The van der Waals surface area contributed by atoms with Gasteiger partial charge in [0.15, 0.2) is 5.58 Å². The molecule has 0 unspecified atom stereocenters. The first-order chi connectivity index (χ1) is 24.8. The van der Waals surface area contributed by atoms with Crippen LogP contribution in [0.4, 0.5) is 17.1 Å². The van der Waals surface area contributed by atoms with Crippen molar-refractivity contribution in [3.05, 3.63) is 194 Å². The molecule has 0 saturated carbocycles. The highest BCUT2D eigenvalue weighted by Gasteiger charge is 2.17. The topological polar surface area (TPSA) is 29.3 Å². The maximum Gasteiger partial charge on any atom is 0.227 e. The summed E-state index contributed by atoms with van der Waals surface area (Å²) < 4.78 is 6.19. The van der Waals surface area contributed by atoms with Gasteiger partial charge in [-0.3, -0.25) is 0 Å². The van der Waals surface area contributed by atoms with E-state index < -0.39 is 0 Å². The summed E-state index contributed by atoms with van der Waals surface area (Å²) in [6.07, 6.45) is 0. The number of aromatic nitrogens is 1. The van der Waals surface area contributed by atoms with E-state index in [4.69, 9.17) is 9.40 Å². The summed E-state index contributed by atoms with van der Waals surface area (Å²) in [5.41, 5.74) is 12.7. The Morgan fingerprint density at radius 3 is 1.70 bits per heavy atom. The van der Waals surface area contributed by atoms with E-state index in [0.29, 0.717) is 5.89 Å². The number of oxazole rings is 1. The Morgan fingerprint density at radius 2 is 0.940 bits per heavy atom. The maximum atomic E-state index is 6.19. The number of hydrogen-bond donors (Lipinski definition) is 0. The smallest absolute Gasteiger partial charge is 0.227 e. The van der Waals surface area contributed by atoms with Gasteiger partial charge >= 0.3 is 0 Å². The molecule has 0 fully saturated rings. The lowest BCUT2D eigenvalue weighted by Gasteiger charge is -2.26. The normalized spacial score (nSPS) is 11.2. The van der Waals surface area contributed by atoms with Crippen LogP contribution in [0, 0.1) is 0 Å². The van der Waals surface area contributed by atoms with Crippen LogP contribution < -0.4 is 4.90 Å². The summed E-state index contributed by atoms with van der Waals surface area (Å²) in [6.45, 7) is 0. The van der Waals surface area contributed by atoms with Gasteiger partial charge in [-0.25, -0.2) is 4.98 Å². The van der Waals surface area contributed by atoms with Gasteiger partial charge in [-0.2, -0.15) is 0 Å². The average molecular weight is 641 g/mol. The van der Waals surface area contributed by atoms with E-state index in [2.05, 4.69) is 157 Å². The molecule has 236 valence electrons. The lowest BCUT2D eigenvalue weighted by atomic mass is 9.97. The van der Waals surface area contributed by atoms with Gasteiger partial charge in [0.05, 0.1) is 0 Å². The molecular formula is C47H32N2O. The van der Waals surface area contributed by atoms with E-state index in [1.807, 2.05) is 42.5 Å². The summed E-state index contributed by atoms with van der Waals surface area (Å²) in [5.74, 6) is 0.626. The van der Waals surface area contributed by atoms with Gasteiger partial charge in [0.1, 0.15) is 5.52 Å². The molecular weight excluding hydrogens is 609 g/mol. The Morgan fingerprint density at radius 1 is 0.380 bits per heavy atom. The number of nitrogens with zero attached hydrogens (tertiary/aromatic N) is 2. The molecule has 1 heterocycles. The predicted molar refractivity (Wildman–Crippen MR) is 208 cm³/mol. The molecule has 0 amide bonds. The zero-order valence-electron chi connectivity index (χ0n) is 27.3. The fraction of sp³-hybridized carbons (Fsp3) is 0. The Kier molecular flexibility index (Phi) is 7.49. The fourth-order valence-electron chi connectivity index (χ4n) is 6.85. The number of rotatable bonds is 7. The minimum absolute atomic E-state index is 0.626. The van der Waals surface area contributed by atoms with E-state index in [0.717, 1.165) is 44.9 Å². The van der Waals surface area contributed by atoms with E-state index in [1.54, 1.807) is 0 Å². The average Bonchev–Trinajstić information content (AvgIpc) is 3.64. The predicted octanol–water partition coefficient (Wildman–Crippen LogP) is 13.1. The van der Waals surface area contributed by atoms with Crippen LogP contribution in [0.25, 0.3) is 66.7 Å². The summed E-state index contributed by atoms with van der Waals surface area (Å²) in [4.78, 5) is 7.26. The number of benzene rings is 8. The third-order valence-electron chi connectivity index (χ3n) is 9.31. The van der Waals surface area contributed by atoms with Crippen molar-refractivity contribution in [2.75, 3.05) is 4.90 Å². The maximum absolute atomic E-state index is 6.19. The molecule has 0 aliphatic rings. The van der Waals surface area contributed by atoms with Crippen molar-refractivity contribution < 1.29 is 4.42 Å². The Bertz CT molecular complexity index is 2570. The van der Waals surface area contributed by atoms with Crippen molar-refractivity contribution >= 4 is 38.9 Å². The van der Waals surface area contributed by atoms with Crippen LogP contribution >= 0.6 is 0 Å². The van der Waals surface area contributed by atoms with Gasteiger partial charge in [0.25, 0.3) is 0 Å². The highest BCUT2D eigenvalue weighted by atomic mass is 16.3. The van der Waals surface area contributed by atoms with Crippen molar-refractivity contribution in [2.24, 2.45) is 0 Å². The molecule has 0 aliphatic carbocycles. The zero-order valence-corrected chi connectivity index (χ0v) is 27.3. The van der Waals surface area contributed by atoms with Crippen LogP contribution in [0.5, 0.6) is 0 Å². The summed E-state index contributed by atoms with van der Waals surface area (Å²) >= 11 is 0. The molecule has 0 radical (unpaired) electrons. The van der Waals surface area contributed by atoms with Crippen molar-refractivity contribution in [3.8, 4) is 44.8 Å². The molecule has 0 atom stereocenters. The third-order valence-corrected chi connectivity index (χ3v) is 9.31. The summed E-state index contributed by atoms with van der Waals surface area (Å²) in [6, 6.07) is 68.2. The first-order valence-corrected chi connectivity index (χ1v) is 16.9. The van der Waals surface area contributed by atoms with Crippen molar-refractivity contribution in [3.63, 3.8) is 0 Å². The second-order valence-electron chi connectivity index (χ2n) is 12.4. The summed E-state index contributed by atoms with van der Waals surface area (Å²) in [5, 5.41) is 2.48. The quantitative estimate of drug-likeness (QED) is 0.174. The number of fused-ring (bicyclic) bond motifs is 2. The van der Waals surface area contributed by atoms with Crippen LogP contribution in [0.15, 0.2) is 199 Å². The van der Waals surface area contributed by atoms with E-state index >= 15 is 0 Å². The van der Waals surface area contributed by atoms with Crippen LogP contribution in [0.2, 0.25) is 0 Å². The molecule has 0 N–H and O–H groups in total. The van der Waals surface area contributed by atoms with Gasteiger partial charge in [0.2, 0.25) is 5.89 Å². The molecule has 0 saturated heterocycles. The minimum atomic E-state index is 0.626. The second-order valence-corrected chi connectivity index (χ2v) is 12.4. The molecule has 0 aliphatic heterocycles. The monoisotopic (exact) mass is 640 g/mol. The standard InChI is InChI=1S/C47H32N2O/c1-3-12-33(13-4-1)34-24-28-39(29-25-34)49(41-19-9-18-38(32-41)43-21-10-17-35-14-7-8-20-42(35)43)40-30-26-36(27-31-40)44-22-11-23-45-46(44)48-47(50-45)37-15-5-2-6-16-37/h1-32H. The molecule has 9 aromatic rings. The van der Waals surface area contributed by atoms with E-state index in [9.17, 15) is 0 Å². The SMILES string of the molecule is c1ccc(-c2ccc(N(c3ccc(-c4cccc5oc(-c6ccccc6)nc45)cc3)c3cccc(-c4cccc5ccccc45)c3)cc2)cc1. The third kappa shape index (κ3) is 5.51. The van der Waals surface area contributed by atoms with Gasteiger partial charge in [-0.15, -0.1) is 0 Å². The highest BCUT2D eigenvalue weighted by molar-refractivity contribution is 5.98.